The molecule has 22 heavy (non-hydrogen) atoms. The van der Waals surface area contributed by atoms with Crippen molar-refractivity contribution in [1.82, 2.24) is 0 Å². The third-order valence-corrected chi connectivity index (χ3v) is 5.05. The molecule has 0 unspecified atom stereocenters. The van der Waals surface area contributed by atoms with Crippen molar-refractivity contribution in [2.75, 3.05) is 11.5 Å². The van der Waals surface area contributed by atoms with Crippen LogP contribution in [0, 0.1) is 18.8 Å². The first-order valence-corrected chi connectivity index (χ1v) is 7.48. The number of aliphatic hydroxyl groups excluding tert-OH is 1. The number of carbonyl (C=O) groups excluding carboxylic acids is 2. The van der Waals surface area contributed by atoms with Crippen LogP contribution in [0.1, 0.15) is 5.56 Å². The Labute approximate surface area is 132 Å². The molecule has 1 aromatic rings. The van der Waals surface area contributed by atoms with Crippen LogP contribution in [-0.4, -0.2) is 35.2 Å². The molecular weight excluding hydrogens is 306 g/mol. The van der Waals surface area contributed by atoms with Crippen LogP contribution in [0.15, 0.2) is 30.4 Å². The number of aliphatic hydroxyl groups is 1. The molecule has 0 aromatic heterocycles. The third-order valence-electron chi connectivity index (χ3n) is 4.81. The van der Waals surface area contributed by atoms with E-state index < -0.39 is 23.5 Å². The number of nitrogens with zero attached hydrogens (tertiary/aromatic N) is 1. The van der Waals surface area contributed by atoms with E-state index in [-0.39, 0.29) is 18.4 Å². The van der Waals surface area contributed by atoms with Gasteiger partial charge in [0.2, 0.25) is 11.8 Å². The average Bonchev–Trinajstić information content (AvgIpc) is 3.14. The number of halogens is 1. The Balaban J connectivity index is 1.81. The largest absolute Gasteiger partial charge is 0.393 e. The van der Waals surface area contributed by atoms with Gasteiger partial charge < -0.3 is 9.84 Å². The van der Waals surface area contributed by atoms with Crippen molar-refractivity contribution in [2.45, 2.75) is 18.6 Å². The Morgan fingerprint density at radius 3 is 2.86 bits per heavy atom. The third kappa shape index (κ3) is 1.56. The number of carbonyl (C=O) groups is 2. The lowest BCUT2D eigenvalue weighted by Gasteiger charge is -2.26. The maximum absolute atomic E-state index is 12.9. The van der Waals surface area contributed by atoms with Crippen molar-refractivity contribution in [1.29, 1.82) is 0 Å². The van der Waals surface area contributed by atoms with Crippen molar-refractivity contribution < 1.29 is 19.4 Å². The van der Waals surface area contributed by atoms with Gasteiger partial charge in [0.05, 0.1) is 30.2 Å². The van der Waals surface area contributed by atoms with E-state index >= 15 is 0 Å². The standard InChI is InChI=1S/C16H14ClNO4/c1-8-2-3-9(17)6-10(8)18-14(20)12-11-4-5-16(7-19,22-11)13(12)15(18)21/h2-6,11-13,19H,7H2,1H3/t11-,12-,13-,16+/m1/s1. The maximum atomic E-state index is 12.9. The fourth-order valence-corrected chi connectivity index (χ4v) is 3.91. The van der Waals surface area contributed by atoms with Gasteiger partial charge in [-0.1, -0.05) is 29.8 Å². The van der Waals surface area contributed by atoms with Gasteiger partial charge in [-0.05, 0) is 24.6 Å². The van der Waals surface area contributed by atoms with Gasteiger partial charge in [0.15, 0.2) is 0 Å². The molecule has 3 aliphatic heterocycles. The van der Waals surface area contributed by atoms with Gasteiger partial charge in [-0.3, -0.25) is 9.59 Å². The predicted octanol–water partition coefficient (Wildman–Crippen LogP) is 1.45. The zero-order valence-electron chi connectivity index (χ0n) is 11.8. The second-order valence-electron chi connectivity index (χ2n) is 6.00. The summed E-state index contributed by atoms with van der Waals surface area (Å²) in [6.07, 6.45) is 3.02. The second kappa shape index (κ2) is 4.41. The van der Waals surface area contributed by atoms with Gasteiger partial charge in [-0.15, -0.1) is 0 Å². The van der Waals surface area contributed by atoms with Crippen molar-refractivity contribution in [3.63, 3.8) is 0 Å². The summed E-state index contributed by atoms with van der Waals surface area (Å²) in [5.41, 5.74) is 0.235. The second-order valence-corrected chi connectivity index (χ2v) is 6.44. The molecule has 2 fully saturated rings. The van der Waals surface area contributed by atoms with E-state index in [1.165, 1.54) is 4.90 Å². The van der Waals surface area contributed by atoms with Gasteiger partial charge in [0, 0.05) is 5.02 Å². The van der Waals surface area contributed by atoms with Gasteiger partial charge in [0.25, 0.3) is 0 Å². The fourth-order valence-electron chi connectivity index (χ4n) is 3.74. The molecule has 3 heterocycles. The highest BCUT2D eigenvalue weighted by Crippen LogP contribution is 2.52. The Morgan fingerprint density at radius 1 is 1.36 bits per heavy atom. The van der Waals surface area contributed by atoms with Crippen LogP contribution in [0.3, 0.4) is 0 Å². The molecule has 0 aliphatic carbocycles. The van der Waals surface area contributed by atoms with Crippen LogP contribution in [0.4, 0.5) is 5.69 Å². The normalized spacial score (nSPS) is 35.6. The minimum atomic E-state index is -1.07. The number of fused-ring (bicyclic) bond motifs is 5. The highest BCUT2D eigenvalue weighted by atomic mass is 35.5. The number of rotatable bonds is 2. The quantitative estimate of drug-likeness (QED) is 0.662. The van der Waals surface area contributed by atoms with E-state index in [9.17, 15) is 14.7 Å². The van der Waals surface area contributed by atoms with Gasteiger partial charge in [-0.2, -0.15) is 0 Å². The molecule has 114 valence electrons. The first-order chi connectivity index (χ1) is 10.5. The predicted molar refractivity (Wildman–Crippen MR) is 79.5 cm³/mol. The van der Waals surface area contributed by atoms with Crippen LogP contribution in [0.2, 0.25) is 5.02 Å². The number of hydrogen-bond donors (Lipinski definition) is 1. The Morgan fingerprint density at radius 2 is 2.14 bits per heavy atom. The van der Waals surface area contributed by atoms with Gasteiger partial charge >= 0.3 is 0 Å². The highest BCUT2D eigenvalue weighted by Gasteiger charge is 2.67. The van der Waals surface area contributed by atoms with Crippen molar-refractivity contribution in [3.8, 4) is 0 Å². The van der Waals surface area contributed by atoms with Crippen molar-refractivity contribution >= 4 is 29.1 Å². The molecule has 0 radical (unpaired) electrons. The van der Waals surface area contributed by atoms with E-state index in [2.05, 4.69) is 0 Å². The Kier molecular flexibility index (Phi) is 2.79. The topological polar surface area (TPSA) is 66.8 Å². The monoisotopic (exact) mass is 319 g/mol. The summed E-state index contributed by atoms with van der Waals surface area (Å²) in [4.78, 5) is 26.8. The molecule has 2 saturated heterocycles. The summed E-state index contributed by atoms with van der Waals surface area (Å²) in [5, 5.41) is 10.1. The summed E-state index contributed by atoms with van der Waals surface area (Å²) in [6.45, 7) is 1.51. The highest BCUT2D eigenvalue weighted by molar-refractivity contribution is 6.31. The lowest BCUT2D eigenvalue weighted by atomic mass is 9.77. The first-order valence-electron chi connectivity index (χ1n) is 7.10. The molecule has 5 nitrogen and oxygen atoms in total. The van der Waals surface area contributed by atoms with E-state index in [1.54, 1.807) is 30.4 Å². The van der Waals surface area contributed by atoms with Crippen molar-refractivity contribution in [2.24, 2.45) is 11.8 Å². The van der Waals surface area contributed by atoms with Crippen LogP contribution in [0.5, 0.6) is 0 Å². The number of imide groups is 1. The summed E-state index contributed by atoms with van der Waals surface area (Å²) in [6, 6.07) is 5.11. The number of benzene rings is 1. The Hall–Kier alpha value is -1.69. The summed E-state index contributed by atoms with van der Waals surface area (Å²) >= 11 is 6.01. The van der Waals surface area contributed by atoms with Crippen LogP contribution < -0.4 is 4.90 Å². The van der Waals surface area contributed by atoms with Crippen LogP contribution >= 0.6 is 11.6 Å². The minimum absolute atomic E-state index is 0.287. The molecule has 2 amide bonds. The average molecular weight is 320 g/mol. The van der Waals surface area contributed by atoms with E-state index in [0.29, 0.717) is 10.7 Å². The maximum Gasteiger partial charge on any atom is 0.241 e. The molecule has 2 bridgehead atoms. The molecule has 1 N–H and O–H groups in total. The smallest absolute Gasteiger partial charge is 0.241 e. The van der Waals surface area contributed by atoms with E-state index in [4.69, 9.17) is 16.3 Å². The number of aryl methyl sites for hydroxylation is 1. The molecule has 0 saturated carbocycles. The molecular formula is C16H14ClNO4. The minimum Gasteiger partial charge on any atom is -0.393 e. The van der Waals surface area contributed by atoms with Crippen LogP contribution in [-0.2, 0) is 14.3 Å². The summed E-state index contributed by atoms with van der Waals surface area (Å²) < 4.78 is 5.70. The zero-order valence-corrected chi connectivity index (χ0v) is 12.6. The summed E-state index contributed by atoms with van der Waals surface area (Å²) in [5.74, 6) is -1.85. The van der Waals surface area contributed by atoms with E-state index in [1.807, 2.05) is 6.92 Å². The Bertz CT molecular complexity index is 731. The lowest BCUT2D eigenvalue weighted by molar-refractivity contribution is -0.128. The van der Waals surface area contributed by atoms with E-state index in [0.717, 1.165) is 5.56 Å². The fraction of sp³-hybridized carbons (Fsp3) is 0.375. The molecule has 1 aromatic carbocycles. The summed E-state index contributed by atoms with van der Waals surface area (Å²) in [7, 11) is 0. The van der Waals surface area contributed by atoms with Crippen molar-refractivity contribution in [3.05, 3.63) is 40.9 Å². The van der Waals surface area contributed by atoms with Gasteiger partial charge in [-0.25, -0.2) is 4.90 Å². The molecule has 4 atom stereocenters. The SMILES string of the molecule is Cc1ccc(Cl)cc1N1C(=O)[C@@H]2[C@H]3C=C[C@@](CO)(O3)[C@H]2C1=O. The molecule has 6 heteroatoms. The van der Waals surface area contributed by atoms with Crippen LogP contribution in [0.25, 0.3) is 0 Å². The van der Waals surface area contributed by atoms with Gasteiger partial charge in [0.1, 0.15) is 5.60 Å². The number of hydrogen-bond acceptors (Lipinski definition) is 4. The zero-order chi connectivity index (χ0) is 15.6. The first kappa shape index (κ1) is 13.9. The molecule has 3 aliphatic rings. The number of anilines is 1. The number of amides is 2. The molecule has 4 rings (SSSR count). The molecule has 0 spiro atoms. The lowest BCUT2D eigenvalue weighted by Crippen LogP contribution is -2.43. The number of ether oxygens (including phenoxy) is 1.